The number of para-hydroxylation sites is 2. The van der Waals surface area contributed by atoms with E-state index in [1.165, 1.54) is 7.11 Å². The van der Waals surface area contributed by atoms with Crippen molar-refractivity contribution in [3.63, 3.8) is 0 Å². The predicted octanol–water partition coefficient (Wildman–Crippen LogP) is 3.15. The molecule has 1 aliphatic rings. The summed E-state index contributed by atoms with van der Waals surface area (Å²) in [5.41, 5.74) is 6.41. The summed E-state index contributed by atoms with van der Waals surface area (Å²) in [6.07, 6.45) is 1.21. The van der Waals surface area contributed by atoms with Crippen molar-refractivity contribution in [2.45, 2.75) is 25.8 Å². The number of esters is 1. The first-order valence-corrected chi connectivity index (χ1v) is 8.53. The zero-order chi connectivity index (χ0) is 18.4. The summed E-state index contributed by atoms with van der Waals surface area (Å²) in [6, 6.07) is 18.0. The number of fused-ring (bicyclic) bond motifs is 1. The number of nitrogens with one attached hydrogen (secondary N) is 1. The van der Waals surface area contributed by atoms with E-state index in [0.29, 0.717) is 19.4 Å². The molecule has 0 aliphatic carbocycles. The fourth-order valence-corrected chi connectivity index (χ4v) is 2.80. The zero-order valence-electron chi connectivity index (χ0n) is 14.6. The average molecular weight is 351 g/mol. The highest BCUT2D eigenvalue weighted by molar-refractivity contribution is 6.33. The molecule has 134 valence electrons. The molecular formula is C20H21N3O3. The van der Waals surface area contributed by atoms with Crippen LogP contribution in [0.15, 0.2) is 59.6 Å². The van der Waals surface area contributed by atoms with Crippen molar-refractivity contribution in [2.75, 3.05) is 12.1 Å². The number of amidine groups is 1. The largest absolute Gasteiger partial charge is 0.463 e. The molecule has 0 radical (unpaired) electrons. The Morgan fingerprint density at radius 2 is 1.85 bits per heavy atom. The number of carbonyl (C=O) groups excluding carboxylic acids is 2. The van der Waals surface area contributed by atoms with Gasteiger partial charge in [-0.3, -0.25) is 15.2 Å². The molecular weight excluding hydrogens is 330 g/mol. The molecule has 26 heavy (non-hydrogen) atoms. The Morgan fingerprint density at radius 3 is 2.62 bits per heavy atom. The number of nitrogens with zero attached hydrogens (tertiary/aromatic N) is 2. The van der Waals surface area contributed by atoms with Crippen molar-refractivity contribution in [3.05, 3.63) is 60.2 Å². The van der Waals surface area contributed by atoms with E-state index in [1.54, 1.807) is 0 Å². The first kappa shape index (κ1) is 17.7. The Labute approximate surface area is 152 Å². The van der Waals surface area contributed by atoms with E-state index in [1.807, 2.05) is 53.5 Å². The van der Waals surface area contributed by atoms with Crippen LogP contribution in [0.25, 0.3) is 0 Å². The van der Waals surface area contributed by atoms with Crippen LogP contribution >= 0.6 is 0 Å². The molecule has 0 amide bonds. The van der Waals surface area contributed by atoms with Gasteiger partial charge in [-0.2, -0.15) is 0 Å². The SMILES string of the molecule is COC(=O)C(=O)CCCC1=Nc2ccccc2CN(c2ccccc2)N1. The topological polar surface area (TPSA) is 71.0 Å². The fourth-order valence-electron chi connectivity index (χ4n) is 2.80. The highest BCUT2D eigenvalue weighted by Crippen LogP contribution is 2.26. The Balaban J connectivity index is 1.76. The zero-order valence-corrected chi connectivity index (χ0v) is 14.6. The molecule has 1 heterocycles. The number of carbonyl (C=O) groups is 2. The second-order valence-electron chi connectivity index (χ2n) is 5.99. The highest BCUT2D eigenvalue weighted by Gasteiger charge is 2.18. The van der Waals surface area contributed by atoms with Gasteiger partial charge in [-0.1, -0.05) is 36.4 Å². The molecule has 1 N–H and O–H groups in total. The summed E-state index contributed by atoms with van der Waals surface area (Å²) in [6.45, 7) is 0.675. The van der Waals surface area contributed by atoms with Gasteiger partial charge in [0, 0.05) is 12.8 Å². The second-order valence-corrected chi connectivity index (χ2v) is 5.99. The van der Waals surface area contributed by atoms with E-state index in [9.17, 15) is 9.59 Å². The molecule has 0 bridgehead atoms. The number of ketones is 1. The molecule has 0 atom stereocenters. The third-order valence-electron chi connectivity index (χ3n) is 4.14. The van der Waals surface area contributed by atoms with Gasteiger partial charge in [0.05, 0.1) is 25.0 Å². The summed E-state index contributed by atoms with van der Waals surface area (Å²) in [4.78, 5) is 27.6. The number of hydrogen-bond donors (Lipinski definition) is 1. The summed E-state index contributed by atoms with van der Waals surface area (Å²) in [5.74, 6) is -0.546. The Bertz CT molecular complexity index is 818. The summed E-state index contributed by atoms with van der Waals surface area (Å²) < 4.78 is 4.45. The minimum atomic E-state index is -0.794. The van der Waals surface area contributed by atoms with E-state index in [0.717, 1.165) is 22.8 Å². The third kappa shape index (κ3) is 4.27. The number of hydrazine groups is 1. The van der Waals surface area contributed by atoms with Crippen LogP contribution in [0.2, 0.25) is 0 Å². The van der Waals surface area contributed by atoms with Gasteiger partial charge < -0.3 is 4.74 Å². The van der Waals surface area contributed by atoms with Crippen molar-refractivity contribution in [1.29, 1.82) is 0 Å². The number of aliphatic imine (C=N–C) groups is 1. The number of anilines is 1. The van der Waals surface area contributed by atoms with Crippen molar-refractivity contribution in [2.24, 2.45) is 4.99 Å². The van der Waals surface area contributed by atoms with Crippen LogP contribution in [-0.2, 0) is 20.9 Å². The molecule has 0 saturated carbocycles. The Morgan fingerprint density at radius 1 is 1.12 bits per heavy atom. The maximum Gasteiger partial charge on any atom is 0.374 e. The minimum absolute atomic E-state index is 0.139. The summed E-state index contributed by atoms with van der Waals surface area (Å²) >= 11 is 0. The van der Waals surface area contributed by atoms with Crippen LogP contribution in [0, 0.1) is 0 Å². The maximum atomic E-state index is 11.6. The van der Waals surface area contributed by atoms with Crippen LogP contribution in [0.3, 0.4) is 0 Å². The Kier molecular flexibility index (Phi) is 5.63. The first-order chi connectivity index (χ1) is 12.7. The molecule has 2 aromatic carbocycles. The molecule has 0 unspecified atom stereocenters. The van der Waals surface area contributed by atoms with Crippen molar-refractivity contribution in [3.8, 4) is 0 Å². The lowest BCUT2D eigenvalue weighted by atomic mass is 10.1. The van der Waals surface area contributed by atoms with Gasteiger partial charge in [0.2, 0.25) is 5.78 Å². The lowest BCUT2D eigenvalue weighted by molar-refractivity contribution is -0.151. The molecule has 6 nitrogen and oxygen atoms in total. The van der Waals surface area contributed by atoms with Gasteiger partial charge in [0.15, 0.2) is 0 Å². The molecule has 3 rings (SSSR count). The second kappa shape index (κ2) is 8.29. The van der Waals surface area contributed by atoms with Crippen LogP contribution < -0.4 is 10.4 Å². The number of hydrogen-bond acceptors (Lipinski definition) is 6. The minimum Gasteiger partial charge on any atom is -0.463 e. The quantitative estimate of drug-likeness (QED) is 0.639. The van der Waals surface area contributed by atoms with E-state index in [-0.39, 0.29) is 6.42 Å². The molecule has 0 fully saturated rings. The number of rotatable bonds is 6. The van der Waals surface area contributed by atoms with E-state index in [4.69, 9.17) is 4.99 Å². The van der Waals surface area contributed by atoms with Gasteiger partial charge in [-0.15, -0.1) is 0 Å². The van der Waals surface area contributed by atoms with Gasteiger partial charge >= 0.3 is 5.97 Å². The molecule has 0 aromatic heterocycles. The van der Waals surface area contributed by atoms with Gasteiger partial charge in [0.25, 0.3) is 0 Å². The number of ether oxygens (including phenoxy) is 1. The first-order valence-electron chi connectivity index (χ1n) is 8.53. The predicted molar refractivity (Wildman–Crippen MR) is 100 cm³/mol. The van der Waals surface area contributed by atoms with Crippen LogP contribution in [0.5, 0.6) is 0 Å². The molecule has 1 aliphatic heterocycles. The normalized spacial score (nSPS) is 13.1. The standard InChI is InChI=1S/C20H21N3O3/c1-26-20(25)18(24)12-7-13-19-21-17-11-6-5-8-15(17)14-23(22-19)16-9-3-2-4-10-16/h2-6,8-11H,7,12-14H2,1H3,(H,21,22). The maximum absolute atomic E-state index is 11.6. The number of methoxy groups -OCH3 is 1. The van der Waals surface area contributed by atoms with Crippen molar-refractivity contribution < 1.29 is 14.3 Å². The van der Waals surface area contributed by atoms with Gasteiger partial charge in [-0.05, 0) is 30.2 Å². The third-order valence-corrected chi connectivity index (χ3v) is 4.14. The molecule has 6 heteroatoms. The van der Waals surface area contributed by atoms with E-state index < -0.39 is 11.8 Å². The summed E-state index contributed by atoms with van der Waals surface area (Å²) in [5, 5.41) is 2.03. The Hall–Kier alpha value is -3.15. The lowest BCUT2D eigenvalue weighted by Crippen LogP contribution is -2.40. The fraction of sp³-hybridized carbons (Fsp3) is 0.250. The van der Waals surface area contributed by atoms with Crippen LogP contribution in [-0.4, -0.2) is 24.7 Å². The van der Waals surface area contributed by atoms with Crippen molar-refractivity contribution in [1.82, 2.24) is 5.43 Å². The highest BCUT2D eigenvalue weighted by atomic mass is 16.5. The van der Waals surface area contributed by atoms with Gasteiger partial charge in [-0.25, -0.2) is 9.79 Å². The molecule has 0 saturated heterocycles. The molecule has 0 spiro atoms. The summed E-state index contributed by atoms with van der Waals surface area (Å²) in [7, 11) is 1.21. The van der Waals surface area contributed by atoms with Crippen LogP contribution in [0.1, 0.15) is 24.8 Å². The number of Topliss-reactive ketones (excluding diaryl/α,β-unsaturated/α-hetero) is 1. The molecule has 2 aromatic rings. The monoisotopic (exact) mass is 351 g/mol. The van der Waals surface area contributed by atoms with Gasteiger partial charge in [0.1, 0.15) is 5.84 Å². The van der Waals surface area contributed by atoms with E-state index in [2.05, 4.69) is 16.2 Å². The lowest BCUT2D eigenvalue weighted by Gasteiger charge is -2.25. The smallest absolute Gasteiger partial charge is 0.374 e. The van der Waals surface area contributed by atoms with Crippen LogP contribution in [0.4, 0.5) is 11.4 Å². The average Bonchev–Trinajstić information content (AvgIpc) is 2.87. The van der Waals surface area contributed by atoms with E-state index >= 15 is 0 Å². The number of benzene rings is 2. The van der Waals surface area contributed by atoms with Crippen molar-refractivity contribution >= 4 is 29.0 Å².